The summed E-state index contributed by atoms with van der Waals surface area (Å²) in [5.74, 6) is 0.867. The molecule has 1 fully saturated rings. The van der Waals surface area contributed by atoms with Crippen LogP contribution in [0.2, 0.25) is 0 Å². The molecule has 0 bridgehead atoms. The molecule has 1 aliphatic rings. The molecule has 2 rings (SSSR count). The predicted octanol–water partition coefficient (Wildman–Crippen LogP) is 1.95. The summed E-state index contributed by atoms with van der Waals surface area (Å²) >= 11 is 2.27. The van der Waals surface area contributed by atoms with Crippen molar-refractivity contribution in [1.82, 2.24) is 10.6 Å². The molecule has 0 spiro atoms. The molecule has 1 saturated heterocycles. The van der Waals surface area contributed by atoms with Crippen LogP contribution < -0.4 is 10.6 Å². The molecule has 18 heavy (non-hydrogen) atoms. The zero-order valence-corrected chi connectivity index (χ0v) is 12.6. The summed E-state index contributed by atoms with van der Waals surface area (Å²) in [5.41, 5.74) is 1.09. The quantitative estimate of drug-likeness (QED) is 0.790. The largest absolute Gasteiger partial charge is 0.356 e. The van der Waals surface area contributed by atoms with Gasteiger partial charge in [0.15, 0.2) is 0 Å². The van der Waals surface area contributed by atoms with Crippen molar-refractivity contribution in [3.63, 3.8) is 0 Å². The van der Waals surface area contributed by atoms with E-state index in [1.807, 2.05) is 18.2 Å². The molecule has 98 valence electrons. The average molecular weight is 358 g/mol. The Labute approximate surface area is 122 Å². The lowest BCUT2D eigenvalue weighted by Crippen LogP contribution is -2.27. The molecule has 2 N–H and O–H groups in total. The molecule has 1 unspecified atom stereocenters. The number of nitrogens with one attached hydrogen (secondary N) is 2. The van der Waals surface area contributed by atoms with Crippen LogP contribution >= 0.6 is 22.6 Å². The highest BCUT2D eigenvalue weighted by Gasteiger charge is 2.14. The highest BCUT2D eigenvalue weighted by atomic mass is 127. The van der Waals surface area contributed by atoms with E-state index in [0.29, 0.717) is 6.42 Å². The lowest BCUT2D eigenvalue weighted by Gasteiger charge is -2.09. The number of benzene rings is 1. The van der Waals surface area contributed by atoms with Crippen LogP contribution in [0.25, 0.3) is 0 Å². The first-order chi connectivity index (χ1) is 8.74. The lowest BCUT2D eigenvalue weighted by molar-refractivity contribution is -0.120. The van der Waals surface area contributed by atoms with E-state index < -0.39 is 0 Å². The smallest absolute Gasteiger partial charge is 0.224 e. The van der Waals surface area contributed by atoms with Crippen molar-refractivity contribution in [2.24, 2.45) is 5.92 Å². The fourth-order valence-corrected chi connectivity index (χ4v) is 2.88. The van der Waals surface area contributed by atoms with Gasteiger partial charge in [0.2, 0.25) is 5.91 Å². The molecule has 1 amide bonds. The van der Waals surface area contributed by atoms with E-state index in [1.165, 1.54) is 9.99 Å². The number of carbonyl (C=O) groups is 1. The summed E-state index contributed by atoms with van der Waals surface area (Å²) in [5, 5.41) is 6.35. The number of carbonyl (C=O) groups excluding carboxylic acids is 1. The summed E-state index contributed by atoms with van der Waals surface area (Å²) in [6.07, 6.45) is 2.82. The van der Waals surface area contributed by atoms with Gasteiger partial charge in [0, 0.05) is 10.1 Å². The Morgan fingerprint density at radius 1 is 1.50 bits per heavy atom. The van der Waals surface area contributed by atoms with E-state index in [4.69, 9.17) is 0 Å². The zero-order chi connectivity index (χ0) is 12.8. The molecule has 1 atom stereocenters. The van der Waals surface area contributed by atoms with E-state index in [1.54, 1.807) is 0 Å². The van der Waals surface area contributed by atoms with Gasteiger partial charge < -0.3 is 10.6 Å². The molecule has 0 radical (unpaired) electrons. The van der Waals surface area contributed by atoms with Gasteiger partial charge in [0.05, 0.1) is 6.42 Å². The maximum atomic E-state index is 11.8. The van der Waals surface area contributed by atoms with E-state index in [9.17, 15) is 4.79 Å². The summed E-state index contributed by atoms with van der Waals surface area (Å²) in [7, 11) is 0. The number of hydrogen-bond donors (Lipinski definition) is 2. The van der Waals surface area contributed by atoms with Gasteiger partial charge in [-0.15, -0.1) is 0 Å². The number of hydrogen-bond acceptors (Lipinski definition) is 2. The molecule has 4 heteroatoms. The fraction of sp³-hybridized carbons (Fsp3) is 0.500. The Bertz CT molecular complexity index is 403. The van der Waals surface area contributed by atoms with Crippen LogP contribution in [0, 0.1) is 9.49 Å². The van der Waals surface area contributed by atoms with Crippen LogP contribution in [0.5, 0.6) is 0 Å². The van der Waals surface area contributed by atoms with Crippen LogP contribution in [0.4, 0.5) is 0 Å². The van der Waals surface area contributed by atoms with Crippen molar-refractivity contribution in [3.8, 4) is 0 Å². The van der Waals surface area contributed by atoms with Crippen molar-refractivity contribution in [1.29, 1.82) is 0 Å². The summed E-state index contributed by atoms with van der Waals surface area (Å²) in [4.78, 5) is 11.8. The van der Waals surface area contributed by atoms with Gasteiger partial charge in [0.1, 0.15) is 0 Å². The number of rotatable bonds is 5. The maximum Gasteiger partial charge on any atom is 0.224 e. The van der Waals surface area contributed by atoms with Crippen LogP contribution in [-0.4, -0.2) is 25.5 Å². The Balaban J connectivity index is 1.68. The van der Waals surface area contributed by atoms with Crippen LogP contribution in [0.15, 0.2) is 24.3 Å². The lowest BCUT2D eigenvalue weighted by atomic mass is 10.1. The van der Waals surface area contributed by atoms with Gasteiger partial charge in [-0.2, -0.15) is 0 Å². The average Bonchev–Trinajstić information content (AvgIpc) is 2.82. The van der Waals surface area contributed by atoms with Crippen LogP contribution in [-0.2, 0) is 11.2 Å². The Kier molecular flexibility index (Phi) is 5.44. The fourth-order valence-electron chi connectivity index (χ4n) is 2.27. The minimum Gasteiger partial charge on any atom is -0.356 e. The highest BCUT2D eigenvalue weighted by Crippen LogP contribution is 2.11. The van der Waals surface area contributed by atoms with E-state index in [-0.39, 0.29) is 5.91 Å². The normalized spacial score (nSPS) is 18.8. The Morgan fingerprint density at radius 3 is 3.11 bits per heavy atom. The SMILES string of the molecule is O=C(Cc1cccc(I)c1)NCCC1CCNC1. The van der Waals surface area contributed by atoms with Gasteiger partial charge in [-0.05, 0) is 72.1 Å². The third kappa shape index (κ3) is 4.57. The molecule has 0 aliphatic carbocycles. The summed E-state index contributed by atoms with van der Waals surface area (Å²) in [6, 6.07) is 8.09. The molecule has 1 aromatic carbocycles. The maximum absolute atomic E-state index is 11.8. The predicted molar refractivity (Wildman–Crippen MR) is 81.5 cm³/mol. The third-order valence-corrected chi connectivity index (χ3v) is 3.96. The van der Waals surface area contributed by atoms with Gasteiger partial charge in [-0.3, -0.25) is 4.79 Å². The summed E-state index contributed by atoms with van der Waals surface area (Å²) < 4.78 is 1.18. The van der Waals surface area contributed by atoms with Crippen molar-refractivity contribution in [3.05, 3.63) is 33.4 Å². The second-order valence-electron chi connectivity index (χ2n) is 4.80. The Morgan fingerprint density at radius 2 is 2.39 bits per heavy atom. The molecule has 0 aromatic heterocycles. The van der Waals surface area contributed by atoms with Gasteiger partial charge >= 0.3 is 0 Å². The molecule has 1 aromatic rings. The topological polar surface area (TPSA) is 41.1 Å². The van der Waals surface area contributed by atoms with Crippen molar-refractivity contribution in [2.45, 2.75) is 19.3 Å². The van der Waals surface area contributed by atoms with Crippen molar-refractivity contribution < 1.29 is 4.79 Å². The van der Waals surface area contributed by atoms with Crippen LogP contribution in [0.1, 0.15) is 18.4 Å². The zero-order valence-electron chi connectivity index (χ0n) is 10.4. The monoisotopic (exact) mass is 358 g/mol. The minimum absolute atomic E-state index is 0.128. The van der Waals surface area contributed by atoms with Gasteiger partial charge in [-0.1, -0.05) is 12.1 Å². The number of amides is 1. The Hall–Kier alpha value is -0.620. The molecule has 1 heterocycles. The standard InChI is InChI=1S/C14H19IN2O/c15-13-3-1-2-12(8-13)9-14(18)17-7-5-11-4-6-16-10-11/h1-3,8,11,16H,4-7,9-10H2,(H,17,18). The molecular formula is C14H19IN2O. The van der Waals surface area contributed by atoms with Crippen molar-refractivity contribution >= 4 is 28.5 Å². The van der Waals surface area contributed by atoms with E-state index in [0.717, 1.165) is 37.5 Å². The number of halogens is 1. The molecular weight excluding hydrogens is 339 g/mol. The first kappa shape index (κ1) is 13.8. The van der Waals surface area contributed by atoms with Gasteiger partial charge in [0.25, 0.3) is 0 Å². The second kappa shape index (κ2) is 7.09. The van der Waals surface area contributed by atoms with E-state index >= 15 is 0 Å². The highest BCUT2D eigenvalue weighted by molar-refractivity contribution is 14.1. The first-order valence-corrected chi connectivity index (χ1v) is 7.54. The van der Waals surface area contributed by atoms with E-state index in [2.05, 4.69) is 39.3 Å². The molecule has 1 aliphatic heterocycles. The van der Waals surface area contributed by atoms with Crippen molar-refractivity contribution in [2.75, 3.05) is 19.6 Å². The van der Waals surface area contributed by atoms with Crippen LogP contribution in [0.3, 0.4) is 0 Å². The molecule has 3 nitrogen and oxygen atoms in total. The third-order valence-electron chi connectivity index (χ3n) is 3.29. The first-order valence-electron chi connectivity index (χ1n) is 6.46. The molecule has 0 saturated carbocycles. The van der Waals surface area contributed by atoms with Gasteiger partial charge in [-0.25, -0.2) is 0 Å². The second-order valence-corrected chi connectivity index (χ2v) is 6.05. The minimum atomic E-state index is 0.128. The summed E-state index contributed by atoms with van der Waals surface area (Å²) in [6.45, 7) is 3.03.